The Bertz CT molecular complexity index is 817. The van der Waals surface area contributed by atoms with E-state index in [4.69, 9.17) is 0 Å². The topological polar surface area (TPSA) is 55.8 Å². The minimum atomic E-state index is -0.557. The van der Waals surface area contributed by atoms with E-state index >= 15 is 0 Å². The summed E-state index contributed by atoms with van der Waals surface area (Å²) in [6.07, 6.45) is 2.60. The summed E-state index contributed by atoms with van der Waals surface area (Å²) >= 11 is 0. The highest BCUT2D eigenvalue weighted by molar-refractivity contribution is 7.59. The van der Waals surface area contributed by atoms with Crippen molar-refractivity contribution in [3.05, 3.63) is 71.3 Å². The zero-order chi connectivity index (χ0) is 20.1. The molecule has 0 radical (unpaired) electrons. The van der Waals surface area contributed by atoms with Crippen LogP contribution >= 0.6 is 13.5 Å². The smallest absolute Gasteiger partial charge is 0.317 e. The highest BCUT2D eigenvalue weighted by Gasteiger charge is 2.25. The Hall–Kier alpha value is -2.02. The van der Waals surface area contributed by atoms with Crippen LogP contribution in [0.4, 0.5) is 4.79 Å². The molecule has 2 atom stereocenters. The molecule has 5 nitrogen and oxygen atoms in total. The second-order valence-electron chi connectivity index (χ2n) is 8.29. The Kier molecular flexibility index (Phi) is 8.19. The van der Waals surface area contributed by atoms with Crippen molar-refractivity contribution >= 4 is 19.5 Å². The van der Waals surface area contributed by atoms with Gasteiger partial charge in [-0.15, -0.1) is 0 Å². The van der Waals surface area contributed by atoms with E-state index in [-0.39, 0.29) is 19.5 Å². The first-order valence-electron chi connectivity index (χ1n) is 10.7. The van der Waals surface area contributed by atoms with Crippen molar-refractivity contribution in [3.8, 4) is 0 Å². The van der Waals surface area contributed by atoms with Gasteiger partial charge in [0.1, 0.15) is 0 Å². The van der Waals surface area contributed by atoms with Crippen molar-refractivity contribution in [2.45, 2.75) is 37.8 Å². The van der Waals surface area contributed by atoms with Crippen molar-refractivity contribution in [3.63, 3.8) is 0 Å². The quantitative estimate of drug-likeness (QED) is 0.771. The van der Waals surface area contributed by atoms with Crippen molar-refractivity contribution in [1.29, 1.82) is 0 Å². The van der Waals surface area contributed by atoms with Crippen LogP contribution in [0.15, 0.2) is 54.6 Å². The third-order valence-electron chi connectivity index (χ3n) is 6.15. The molecule has 2 heterocycles. The SMILES string of the molecule is O=C(NC[C@H](O)CN1CCc2ccccc2C1)N1CCCC(c2ccccc2)C1.S. The Morgan fingerprint density at radius 2 is 1.80 bits per heavy atom. The summed E-state index contributed by atoms with van der Waals surface area (Å²) in [6, 6.07) is 18.9. The number of nitrogens with zero attached hydrogens (tertiary/aromatic N) is 2. The van der Waals surface area contributed by atoms with Crippen molar-refractivity contribution in [2.75, 3.05) is 32.7 Å². The van der Waals surface area contributed by atoms with Gasteiger partial charge in [0.15, 0.2) is 0 Å². The number of aliphatic hydroxyl groups is 1. The normalized spacial score (nSPS) is 20.0. The molecule has 6 heteroatoms. The number of fused-ring (bicyclic) bond motifs is 1. The zero-order valence-electron chi connectivity index (χ0n) is 17.5. The Labute approximate surface area is 186 Å². The molecule has 30 heavy (non-hydrogen) atoms. The fourth-order valence-corrected chi connectivity index (χ4v) is 4.55. The van der Waals surface area contributed by atoms with Gasteiger partial charge >= 0.3 is 6.03 Å². The molecule has 4 rings (SSSR count). The van der Waals surface area contributed by atoms with Gasteiger partial charge in [-0.1, -0.05) is 54.6 Å². The van der Waals surface area contributed by atoms with Gasteiger partial charge in [-0.3, -0.25) is 4.90 Å². The number of urea groups is 1. The summed E-state index contributed by atoms with van der Waals surface area (Å²) in [7, 11) is 0. The van der Waals surface area contributed by atoms with E-state index in [9.17, 15) is 9.90 Å². The third kappa shape index (κ3) is 5.78. The molecule has 2 aliphatic rings. The molecule has 1 fully saturated rings. The summed E-state index contributed by atoms with van der Waals surface area (Å²) in [5, 5.41) is 13.4. The molecule has 1 saturated heterocycles. The molecule has 1 unspecified atom stereocenters. The lowest BCUT2D eigenvalue weighted by molar-refractivity contribution is 0.102. The maximum absolute atomic E-state index is 12.6. The molecule has 0 aliphatic carbocycles. The lowest BCUT2D eigenvalue weighted by Crippen LogP contribution is -2.48. The largest absolute Gasteiger partial charge is 0.390 e. The predicted molar refractivity (Wildman–Crippen MR) is 125 cm³/mol. The monoisotopic (exact) mass is 427 g/mol. The fraction of sp³-hybridized carbons (Fsp3) is 0.458. The highest BCUT2D eigenvalue weighted by Crippen LogP contribution is 2.26. The molecule has 2 aliphatic heterocycles. The maximum atomic E-state index is 12.6. The van der Waals surface area contributed by atoms with Crippen LogP contribution < -0.4 is 5.32 Å². The van der Waals surface area contributed by atoms with Gasteiger partial charge < -0.3 is 15.3 Å². The molecule has 0 saturated carbocycles. The number of carbonyl (C=O) groups is 1. The van der Waals surface area contributed by atoms with Gasteiger partial charge in [0.05, 0.1) is 6.10 Å². The van der Waals surface area contributed by atoms with E-state index in [1.807, 2.05) is 11.0 Å². The van der Waals surface area contributed by atoms with E-state index in [0.717, 1.165) is 45.4 Å². The van der Waals surface area contributed by atoms with E-state index < -0.39 is 6.10 Å². The van der Waals surface area contributed by atoms with Gasteiger partial charge in [0, 0.05) is 45.2 Å². The number of nitrogens with one attached hydrogen (secondary N) is 1. The molecular weight excluding hydrogens is 394 g/mol. The van der Waals surface area contributed by atoms with Crippen molar-refractivity contribution in [2.24, 2.45) is 0 Å². The van der Waals surface area contributed by atoms with E-state index in [1.54, 1.807) is 0 Å². The van der Waals surface area contributed by atoms with Gasteiger partial charge in [-0.05, 0) is 36.0 Å². The number of carbonyl (C=O) groups excluding carboxylic acids is 1. The highest BCUT2D eigenvalue weighted by atomic mass is 32.1. The standard InChI is InChI=1S/C24H31N3O2.H2S/c28-23(18-26-14-12-20-9-4-5-10-21(20)16-26)15-25-24(29)27-13-6-11-22(17-27)19-7-2-1-3-8-19;/h1-5,7-10,22-23,28H,6,11-18H2,(H,25,29);1H2/t22?,23-;/m0./s1. The van der Waals surface area contributed by atoms with Gasteiger partial charge in [0.25, 0.3) is 0 Å². The van der Waals surface area contributed by atoms with Crippen LogP contribution in [0.3, 0.4) is 0 Å². The van der Waals surface area contributed by atoms with Crippen LogP contribution in [0.2, 0.25) is 0 Å². The molecule has 0 aromatic heterocycles. The fourth-order valence-electron chi connectivity index (χ4n) is 4.55. The van der Waals surface area contributed by atoms with Crippen LogP contribution in [0.1, 0.15) is 35.4 Å². The first kappa shape index (κ1) is 22.7. The molecule has 0 spiro atoms. The predicted octanol–water partition coefficient (Wildman–Crippen LogP) is 3.11. The average Bonchev–Trinajstić information content (AvgIpc) is 2.78. The second kappa shape index (κ2) is 10.8. The number of piperidine rings is 1. The number of β-amino-alcohol motifs (C(OH)–C–C–N with tert-alkyl or cyclic N) is 1. The number of rotatable bonds is 5. The van der Waals surface area contributed by atoms with E-state index in [1.165, 1.54) is 16.7 Å². The maximum Gasteiger partial charge on any atom is 0.317 e. The third-order valence-corrected chi connectivity index (χ3v) is 6.15. The van der Waals surface area contributed by atoms with Crippen molar-refractivity contribution in [1.82, 2.24) is 15.1 Å². The van der Waals surface area contributed by atoms with Crippen LogP contribution in [0, 0.1) is 0 Å². The number of hydrogen-bond donors (Lipinski definition) is 2. The van der Waals surface area contributed by atoms with Crippen molar-refractivity contribution < 1.29 is 9.90 Å². The minimum Gasteiger partial charge on any atom is -0.390 e. The zero-order valence-corrected chi connectivity index (χ0v) is 18.5. The summed E-state index contributed by atoms with van der Waals surface area (Å²) < 4.78 is 0. The lowest BCUT2D eigenvalue weighted by Gasteiger charge is -2.34. The number of amides is 2. The van der Waals surface area contributed by atoms with Crippen LogP contribution in [-0.4, -0.2) is 59.8 Å². The first-order chi connectivity index (χ1) is 14.2. The van der Waals surface area contributed by atoms with E-state index in [0.29, 0.717) is 19.0 Å². The summed E-state index contributed by atoms with van der Waals surface area (Å²) in [4.78, 5) is 16.8. The van der Waals surface area contributed by atoms with Crippen LogP contribution in [-0.2, 0) is 13.0 Å². The summed E-state index contributed by atoms with van der Waals surface area (Å²) in [5.41, 5.74) is 4.05. The summed E-state index contributed by atoms with van der Waals surface area (Å²) in [6.45, 7) is 4.23. The molecule has 2 aromatic carbocycles. The number of aliphatic hydroxyl groups excluding tert-OH is 1. The molecule has 2 N–H and O–H groups in total. The summed E-state index contributed by atoms with van der Waals surface area (Å²) in [5.74, 6) is 0.397. The number of benzene rings is 2. The van der Waals surface area contributed by atoms with Crippen LogP contribution in [0.25, 0.3) is 0 Å². The number of likely N-dealkylation sites (tertiary alicyclic amines) is 1. The Morgan fingerprint density at radius 1 is 1.07 bits per heavy atom. The molecule has 0 bridgehead atoms. The van der Waals surface area contributed by atoms with Gasteiger partial charge in [-0.2, -0.15) is 13.5 Å². The molecular formula is C24H33N3O2S. The van der Waals surface area contributed by atoms with Gasteiger partial charge in [-0.25, -0.2) is 4.79 Å². The first-order valence-corrected chi connectivity index (χ1v) is 10.7. The minimum absolute atomic E-state index is 0. The molecule has 162 valence electrons. The lowest BCUT2D eigenvalue weighted by atomic mass is 9.91. The van der Waals surface area contributed by atoms with Gasteiger partial charge in [0.2, 0.25) is 0 Å². The van der Waals surface area contributed by atoms with Crippen LogP contribution in [0.5, 0.6) is 0 Å². The second-order valence-corrected chi connectivity index (χ2v) is 8.29. The number of hydrogen-bond acceptors (Lipinski definition) is 3. The Morgan fingerprint density at radius 3 is 2.60 bits per heavy atom. The molecule has 2 amide bonds. The molecule has 2 aromatic rings. The average molecular weight is 428 g/mol. The van der Waals surface area contributed by atoms with E-state index in [2.05, 4.69) is 58.7 Å². The Balaban J connectivity index is 0.00000256.